The summed E-state index contributed by atoms with van der Waals surface area (Å²) < 4.78 is 8.10. The summed E-state index contributed by atoms with van der Waals surface area (Å²) >= 11 is 0. The topological polar surface area (TPSA) is 82.8 Å². The van der Waals surface area contributed by atoms with Gasteiger partial charge in [0, 0.05) is 58.3 Å². The molecule has 2 N–H and O–H groups in total. The van der Waals surface area contributed by atoms with Crippen LogP contribution in [0.2, 0.25) is 0 Å². The summed E-state index contributed by atoms with van der Waals surface area (Å²) in [5.74, 6) is 1.13. The Labute approximate surface area is 161 Å². The lowest BCUT2D eigenvalue weighted by molar-refractivity contribution is 0.532. The molecule has 0 spiro atoms. The first-order valence-electron chi connectivity index (χ1n) is 9.17. The van der Waals surface area contributed by atoms with Gasteiger partial charge in [0.05, 0.1) is 6.20 Å². The fraction of sp³-hybridized carbons (Fsp3) is 0.136. The molecule has 0 aliphatic carbocycles. The molecule has 0 saturated heterocycles. The molecule has 0 fully saturated rings. The minimum atomic E-state index is 0.287. The molecule has 6 heteroatoms. The van der Waals surface area contributed by atoms with Gasteiger partial charge in [-0.25, -0.2) is 4.98 Å². The molecule has 1 aromatic carbocycles. The van der Waals surface area contributed by atoms with Crippen LogP contribution in [0, 0.1) is 0 Å². The molecule has 4 aromatic heterocycles. The Kier molecular flexibility index (Phi) is 3.65. The average molecular weight is 369 g/mol. The Bertz CT molecular complexity index is 1310. The molecule has 5 aromatic rings. The van der Waals surface area contributed by atoms with Gasteiger partial charge in [-0.3, -0.25) is 9.67 Å². The fourth-order valence-corrected chi connectivity index (χ4v) is 3.50. The molecule has 0 atom stereocenters. The second-order valence-electron chi connectivity index (χ2n) is 7.12. The van der Waals surface area contributed by atoms with E-state index in [4.69, 9.17) is 10.2 Å². The van der Waals surface area contributed by atoms with Crippen molar-refractivity contribution in [1.82, 2.24) is 19.7 Å². The lowest BCUT2D eigenvalue weighted by Crippen LogP contribution is -1.99. The third-order valence-electron chi connectivity index (χ3n) is 4.98. The second kappa shape index (κ2) is 6.20. The summed E-state index contributed by atoms with van der Waals surface area (Å²) in [7, 11) is 0. The molecule has 0 bridgehead atoms. The minimum Gasteiger partial charge on any atom is -0.452 e. The van der Waals surface area contributed by atoms with Gasteiger partial charge in [0.15, 0.2) is 11.4 Å². The number of aromatic nitrogens is 4. The van der Waals surface area contributed by atoms with Crippen molar-refractivity contribution in [2.24, 2.45) is 0 Å². The molecule has 0 aliphatic rings. The molecule has 138 valence electrons. The lowest BCUT2D eigenvalue weighted by Gasteiger charge is -2.03. The van der Waals surface area contributed by atoms with Crippen molar-refractivity contribution in [2.75, 3.05) is 5.73 Å². The maximum atomic E-state index is 6.17. The number of pyridine rings is 2. The normalized spacial score (nSPS) is 11.7. The van der Waals surface area contributed by atoms with Gasteiger partial charge in [-0.1, -0.05) is 18.2 Å². The zero-order valence-electron chi connectivity index (χ0n) is 15.6. The number of fused-ring (bicyclic) bond motifs is 2. The number of nitrogen functional groups attached to an aromatic ring is 1. The Balaban J connectivity index is 1.73. The number of benzene rings is 1. The van der Waals surface area contributed by atoms with Crippen LogP contribution in [-0.4, -0.2) is 19.7 Å². The maximum Gasteiger partial charge on any atom is 0.177 e. The number of hydrogen-bond acceptors (Lipinski definition) is 5. The molecule has 0 radical (unpaired) electrons. The van der Waals surface area contributed by atoms with Crippen LogP contribution in [-0.2, 0) is 0 Å². The van der Waals surface area contributed by atoms with E-state index < -0.39 is 0 Å². The van der Waals surface area contributed by atoms with Gasteiger partial charge in [-0.15, -0.1) is 0 Å². The van der Waals surface area contributed by atoms with Crippen LogP contribution in [0.5, 0.6) is 0 Å². The first kappa shape index (κ1) is 16.5. The number of rotatable bonds is 3. The van der Waals surface area contributed by atoms with Crippen molar-refractivity contribution >= 4 is 27.6 Å². The average Bonchev–Trinajstić information content (AvgIpc) is 3.36. The molecule has 6 nitrogen and oxygen atoms in total. The Morgan fingerprint density at radius 3 is 2.75 bits per heavy atom. The minimum absolute atomic E-state index is 0.287. The lowest BCUT2D eigenvalue weighted by atomic mass is 10.0. The van der Waals surface area contributed by atoms with Crippen molar-refractivity contribution in [1.29, 1.82) is 0 Å². The van der Waals surface area contributed by atoms with Crippen molar-refractivity contribution in [2.45, 2.75) is 19.9 Å². The standard InChI is InChI=1S/C22H19N5O/c1-13(2)27-12-15(10-26-27)19-11-25-22(23)21-18(19)8-20(28-21)17-5-3-4-14-9-24-7-6-16(14)17/h3-13H,1-2H3,(H2,23,25). The molecular formula is C22H19N5O. The van der Waals surface area contributed by atoms with Crippen LogP contribution in [0.1, 0.15) is 19.9 Å². The van der Waals surface area contributed by atoms with E-state index in [0.29, 0.717) is 11.4 Å². The predicted molar refractivity (Wildman–Crippen MR) is 111 cm³/mol. The van der Waals surface area contributed by atoms with E-state index in [1.165, 1.54) is 0 Å². The largest absolute Gasteiger partial charge is 0.452 e. The van der Waals surface area contributed by atoms with Gasteiger partial charge in [0.25, 0.3) is 0 Å². The molecule has 0 amide bonds. The van der Waals surface area contributed by atoms with E-state index in [2.05, 4.69) is 28.9 Å². The van der Waals surface area contributed by atoms with E-state index >= 15 is 0 Å². The van der Waals surface area contributed by atoms with Crippen LogP contribution >= 0.6 is 0 Å². The van der Waals surface area contributed by atoms with E-state index in [9.17, 15) is 0 Å². The third kappa shape index (κ3) is 2.53. The second-order valence-corrected chi connectivity index (χ2v) is 7.12. The van der Waals surface area contributed by atoms with E-state index in [1.807, 2.05) is 53.6 Å². The van der Waals surface area contributed by atoms with Gasteiger partial charge in [-0.2, -0.15) is 5.10 Å². The van der Waals surface area contributed by atoms with Crippen molar-refractivity contribution < 1.29 is 4.42 Å². The van der Waals surface area contributed by atoms with Crippen molar-refractivity contribution in [3.8, 4) is 22.5 Å². The number of furan rings is 1. The summed E-state index contributed by atoms with van der Waals surface area (Å²) in [4.78, 5) is 8.55. The van der Waals surface area contributed by atoms with Crippen molar-refractivity contribution in [3.63, 3.8) is 0 Å². The van der Waals surface area contributed by atoms with Crippen LogP contribution in [0.4, 0.5) is 5.82 Å². The molecule has 28 heavy (non-hydrogen) atoms. The first-order chi connectivity index (χ1) is 13.6. The third-order valence-corrected chi connectivity index (χ3v) is 4.98. The molecule has 4 heterocycles. The quantitative estimate of drug-likeness (QED) is 0.480. The fourth-order valence-electron chi connectivity index (χ4n) is 3.50. The molecule has 5 rings (SSSR count). The van der Waals surface area contributed by atoms with Gasteiger partial charge >= 0.3 is 0 Å². The van der Waals surface area contributed by atoms with Crippen molar-refractivity contribution in [3.05, 3.63) is 61.3 Å². The SMILES string of the molecule is CC(C)n1cc(-c2cnc(N)c3oc(-c4cccc5cnccc45)cc23)cn1. The number of hydrogen-bond donors (Lipinski definition) is 1. The number of anilines is 1. The van der Waals surface area contributed by atoms with Crippen LogP contribution in [0.15, 0.2) is 65.7 Å². The Morgan fingerprint density at radius 1 is 1.04 bits per heavy atom. The van der Waals surface area contributed by atoms with E-state index in [0.717, 1.165) is 38.6 Å². The Morgan fingerprint density at radius 2 is 1.93 bits per heavy atom. The van der Waals surface area contributed by atoms with Crippen LogP contribution < -0.4 is 5.73 Å². The van der Waals surface area contributed by atoms with E-state index in [-0.39, 0.29) is 6.04 Å². The van der Waals surface area contributed by atoms with Gasteiger partial charge in [0.1, 0.15) is 5.76 Å². The summed E-state index contributed by atoms with van der Waals surface area (Å²) in [6, 6.07) is 10.4. The van der Waals surface area contributed by atoms with Gasteiger partial charge in [0.2, 0.25) is 0 Å². The summed E-state index contributed by atoms with van der Waals surface area (Å²) in [6.07, 6.45) is 9.29. The highest BCUT2D eigenvalue weighted by Crippen LogP contribution is 2.38. The van der Waals surface area contributed by atoms with Gasteiger partial charge < -0.3 is 10.2 Å². The molecule has 0 saturated carbocycles. The zero-order chi connectivity index (χ0) is 19.3. The highest BCUT2D eigenvalue weighted by molar-refractivity contribution is 6.03. The van der Waals surface area contributed by atoms with E-state index in [1.54, 1.807) is 12.4 Å². The molecule has 0 aliphatic heterocycles. The molecule has 0 unspecified atom stereocenters. The summed E-state index contributed by atoms with van der Waals surface area (Å²) in [5.41, 5.74) is 9.66. The monoisotopic (exact) mass is 369 g/mol. The number of nitrogens with two attached hydrogens (primary N) is 1. The summed E-state index contributed by atoms with van der Waals surface area (Å²) in [6.45, 7) is 4.19. The summed E-state index contributed by atoms with van der Waals surface area (Å²) in [5, 5.41) is 7.52. The predicted octanol–water partition coefficient (Wildman–Crippen LogP) is 5.07. The number of nitrogens with zero attached hydrogens (tertiary/aromatic N) is 4. The zero-order valence-corrected chi connectivity index (χ0v) is 15.6. The van der Waals surface area contributed by atoms with Crippen LogP contribution in [0.25, 0.3) is 44.2 Å². The van der Waals surface area contributed by atoms with Crippen LogP contribution in [0.3, 0.4) is 0 Å². The maximum absolute atomic E-state index is 6.17. The molecular weight excluding hydrogens is 350 g/mol. The smallest absolute Gasteiger partial charge is 0.177 e. The first-order valence-corrected chi connectivity index (χ1v) is 9.17. The highest BCUT2D eigenvalue weighted by atomic mass is 16.3. The highest BCUT2D eigenvalue weighted by Gasteiger charge is 2.17. The van der Waals surface area contributed by atoms with Gasteiger partial charge in [-0.05, 0) is 31.4 Å². The Hall–Kier alpha value is -3.67.